The van der Waals surface area contributed by atoms with Crippen molar-refractivity contribution in [3.05, 3.63) is 0 Å². The zero-order chi connectivity index (χ0) is 40.6. The quantitative estimate of drug-likeness (QED) is 0.0422. The van der Waals surface area contributed by atoms with E-state index in [0.29, 0.717) is 0 Å². The number of hydrogen-bond acceptors (Lipinski definition) is 0. The summed E-state index contributed by atoms with van der Waals surface area (Å²) in [7, 11) is 2.64. The van der Waals surface area contributed by atoms with Crippen molar-refractivity contribution in [1.29, 1.82) is 0 Å². The fourth-order valence-corrected chi connectivity index (χ4v) is 9.46. The first-order chi connectivity index (χ1) is 27.7. The predicted octanol–water partition coefficient (Wildman–Crippen LogP) is 17.2. The molecule has 0 saturated heterocycles. The van der Waals surface area contributed by atoms with Crippen LogP contribution >= 0.6 is 0 Å². The Balaban J connectivity index is 0. The topological polar surface area (TPSA) is 0 Å². The van der Waals surface area contributed by atoms with E-state index in [2.05, 4.69) is 27.8 Å². The van der Waals surface area contributed by atoms with E-state index in [1.807, 2.05) is 0 Å². The van der Waals surface area contributed by atoms with Gasteiger partial charge >= 0.3 is 0 Å². The summed E-state index contributed by atoms with van der Waals surface area (Å²) in [5, 5.41) is 0. The van der Waals surface area contributed by atoms with Crippen molar-refractivity contribution in [1.82, 2.24) is 0 Å². The van der Waals surface area contributed by atoms with Crippen molar-refractivity contribution in [3.63, 3.8) is 0 Å². The van der Waals surface area contributed by atoms with Crippen LogP contribution in [0.15, 0.2) is 0 Å². The van der Waals surface area contributed by atoms with E-state index in [9.17, 15) is 0 Å². The molecule has 2 heteroatoms. The number of unbranched alkanes of at least 4 members (excludes halogenated alkanes) is 45. The van der Waals surface area contributed by atoms with Crippen molar-refractivity contribution in [2.24, 2.45) is 0 Å². The molecule has 0 radical (unpaired) electrons. The molecule has 0 aliphatic carbocycles. The second kappa shape index (κ2) is 52.6. The third-order valence-corrected chi connectivity index (χ3v) is 13.7. The van der Waals surface area contributed by atoms with Crippen molar-refractivity contribution in [2.45, 2.75) is 329 Å². The first-order valence-corrected chi connectivity index (χ1v) is 27.5. The molecular weight excluding hydrogens is 755 g/mol. The molecule has 57 heavy (non-hydrogen) atoms. The molecule has 0 rings (SSSR count). The average molecular weight is 869 g/mol. The Morgan fingerprint density at radius 2 is 0.281 bits per heavy atom. The van der Waals surface area contributed by atoms with E-state index in [4.69, 9.17) is 0 Å². The molecule has 346 valence electrons. The van der Waals surface area contributed by atoms with Crippen molar-refractivity contribution < 1.29 is 21.5 Å². The summed E-state index contributed by atoms with van der Waals surface area (Å²) < 4.78 is 1.37. The van der Waals surface area contributed by atoms with Crippen LogP contribution in [0.4, 0.5) is 0 Å². The van der Waals surface area contributed by atoms with E-state index >= 15 is 0 Å². The van der Waals surface area contributed by atoms with Crippen LogP contribution in [0.1, 0.15) is 329 Å². The van der Waals surface area contributed by atoms with E-state index in [1.54, 1.807) is 0 Å². The van der Waals surface area contributed by atoms with Crippen molar-refractivity contribution in [2.75, 3.05) is 26.7 Å². The molecule has 0 fully saturated rings. The third-order valence-electron chi connectivity index (χ3n) is 13.7. The molecule has 0 atom stereocenters. The molecule has 0 amide bonds. The van der Waals surface area contributed by atoms with Crippen LogP contribution in [0.5, 0.6) is 0 Å². The minimum Gasteiger partial charge on any atom is -1.00 e. The summed E-state index contributed by atoms with van der Waals surface area (Å²) in [5.41, 5.74) is 0. The zero-order valence-corrected chi connectivity index (χ0v) is 42.5. The highest BCUT2D eigenvalue weighted by molar-refractivity contribution is 4.55. The number of quaternary nitrogens is 1. The van der Waals surface area contributed by atoms with Gasteiger partial charge in [0.25, 0.3) is 0 Å². The van der Waals surface area contributed by atoms with Crippen LogP contribution < -0.4 is 17.0 Å². The SMILES string of the molecule is CCCCCCCCCCCCCCCCCC[N+](C)(CCCCCCCCCCCCCCCCCC)CCCCCCCCCCCCCCCCCC.[Br-]. The van der Waals surface area contributed by atoms with Gasteiger partial charge in [0.15, 0.2) is 0 Å². The number of rotatable bonds is 51. The van der Waals surface area contributed by atoms with Crippen LogP contribution in [0, 0.1) is 0 Å². The van der Waals surface area contributed by atoms with Crippen LogP contribution in [0.25, 0.3) is 0 Å². The molecule has 0 saturated carbocycles. The second-order valence-corrected chi connectivity index (χ2v) is 19.7. The summed E-state index contributed by atoms with van der Waals surface area (Å²) >= 11 is 0. The number of nitrogens with zero attached hydrogens (tertiary/aromatic N) is 1. The van der Waals surface area contributed by atoms with Gasteiger partial charge in [0, 0.05) is 0 Å². The summed E-state index contributed by atoms with van der Waals surface area (Å²) in [4.78, 5) is 0. The van der Waals surface area contributed by atoms with Gasteiger partial charge in [-0.15, -0.1) is 0 Å². The summed E-state index contributed by atoms with van der Waals surface area (Å²) in [6.45, 7) is 11.3. The predicted molar refractivity (Wildman–Crippen MR) is 259 cm³/mol. The first-order valence-electron chi connectivity index (χ1n) is 27.5. The Morgan fingerprint density at radius 3 is 0.404 bits per heavy atom. The standard InChI is InChI=1S/C55H114N.BrH/c1-5-8-11-14-17-20-23-26-29-32-35-38-41-44-47-50-53-56(4,54-51-48-45-42-39-36-33-30-27-24-21-18-15-12-9-6-2)55-52-49-46-43-40-37-34-31-28-25-22-19-16-13-10-7-3;/h5-55H2,1-4H3;1H/q+1;/p-1. The number of halogens is 1. The second-order valence-electron chi connectivity index (χ2n) is 19.7. The lowest BCUT2D eigenvalue weighted by Crippen LogP contribution is -3.00. The monoisotopic (exact) mass is 868 g/mol. The molecule has 0 bridgehead atoms. The molecule has 1 nitrogen and oxygen atoms in total. The molecule has 0 unspecified atom stereocenters. The lowest BCUT2D eigenvalue weighted by Gasteiger charge is -2.35. The summed E-state index contributed by atoms with van der Waals surface area (Å²) in [6.07, 6.45) is 70.7. The third kappa shape index (κ3) is 50.7. The highest BCUT2D eigenvalue weighted by atomic mass is 79.9. The Kier molecular flexibility index (Phi) is 54.9. The van der Waals surface area contributed by atoms with Gasteiger partial charge in [0.1, 0.15) is 0 Å². The maximum Gasteiger partial charge on any atom is 0.0784 e. The van der Waals surface area contributed by atoms with Gasteiger partial charge in [0.2, 0.25) is 0 Å². The van der Waals surface area contributed by atoms with Gasteiger partial charge in [0.05, 0.1) is 26.7 Å². The molecule has 0 aromatic rings. The smallest absolute Gasteiger partial charge is 0.0784 e. The molecule has 0 aliphatic heterocycles. The minimum atomic E-state index is 0. The minimum absolute atomic E-state index is 0. The van der Waals surface area contributed by atoms with Gasteiger partial charge in [-0.05, 0) is 38.5 Å². The van der Waals surface area contributed by atoms with Gasteiger partial charge in [-0.1, -0.05) is 290 Å². The average Bonchev–Trinajstić information content (AvgIpc) is 3.20. The molecular formula is C55H114BrN. The molecule has 0 heterocycles. The molecule has 0 spiro atoms. The molecule has 0 aliphatic rings. The fraction of sp³-hybridized carbons (Fsp3) is 1.00. The lowest BCUT2D eigenvalue weighted by molar-refractivity contribution is -0.910. The number of hydrogen-bond donors (Lipinski definition) is 0. The van der Waals surface area contributed by atoms with E-state index < -0.39 is 0 Å². The molecule has 0 aromatic carbocycles. The largest absolute Gasteiger partial charge is 1.00 e. The highest BCUT2D eigenvalue weighted by Crippen LogP contribution is 2.19. The first kappa shape index (κ1) is 59.5. The molecule has 0 N–H and O–H groups in total. The maximum absolute atomic E-state index is 2.64. The Bertz CT molecular complexity index is 589. The zero-order valence-electron chi connectivity index (χ0n) is 40.9. The van der Waals surface area contributed by atoms with Gasteiger partial charge in [-0.25, -0.2) is 0 Å². The van der Waals surface area contributed by atoms with E-state index in [-0.39, 0.29) is 17.0 Å². The van der Waals surface area contributed by atoms with E-state index in [0.717, 1.165) is 0 Å². The summed E-state index contributed by atoms with van der Waals surface area (Å²) in [6, 6.07) is 0. The highest BCUT2D eigenvalue weighted by Gasteiger charge is 2.20. The Hall–Kier alpha value is 0.440. The lowest BCUT2D eigenvalue weighted by atomic mass is 10.0. The van der Waals surface area contributed by atoms with Crippen LogP contribution in [0.3, 0.4) is 0 Å². The van der Waals surface area contributed by atoms with E-state index in [1.165, 1.54) is 332 Å². The van der Waals surface area contributed by atoms with Gasteiger partial charge in [-0.2, -0.15) is 0 Å². The van der Waals surface area contributed by atoms with Gasteiger partial charge in [-0.3, -0.25) is 0 Å². The maximum atomic E-state index is 2.64. The van der Waals surface area contributed by atoms with Crippen LogP contribution in [-0.2, 0) is 0 Å². The molecule has 0 aromatic heterocycles. The van der Waals surface area contributed by atoms with Gasteiger partial charge < -0.3 is 21.5 Å². The summed E-state index contributed by atoms with van der Waals surface area (Å²) in [5.74, 6) is 0. The van der Waals surface area contributed by atoms with Crippen LogP contribution in [0.2, 0.25) is 0 Å². The van der Waals surface area contributed by atoms with Crippen molar-refractivity contribution >= 4 is 0 Å². The Labute approximate surface area is 375 Å². The Morgan fingerprint density at radius 1 is 0.175 bits per heavy atom. The van der Waals surface area contributed by atoms with Crippen molar-refractivity contribution in [3.8, 4) is 0 Å². The normalized spacial score (nSPS) is 11.8. The fourth-order valence-electron chi connectivity index (χ4n) is 9.46. The van der Waals surface area contributed by atoms with Crippen LogP contribution in [-0.4, -0.2) is 31.2 Å².